The van der Waals surface area contributed by atoms with Crippen molar-refractivity contribution in [2.45, 2.75) is 39.8 Å². The largest absolute Gasteiger partial charge is 0.496 e. The first kappa shape index (κ1) is 14.4. The second kappa shape index (κ2) is 5.76. The van der Waals surface area contributed by atoms with E-state index in [2.05, 4.69) is 5.32 Å². The maximum Gasteiger partial charge on any atom is 0.407 e. The van der Waals surface area contributed by atoms with Crippen LogP contribution in [0.1, 0.15) is 31.9 Å². The van der Waals surface area contributed by atoms with Gasteiger partial charge < -0.3 is 14.8 Å². The molecule has 1 aromatic carbocycles. The normalized spacial score (nSPS) is 10.9. The second-order valence-electron chi connectivity index (χ2n) is 5.16. The third-order valence-electron chi connectivity index (χ3n) is 2.31. The second-order valence-corrected chi connectivity index (χ2v) is 5.16. The van der Waals surface area contributed by atoms with E-state index in [9.17, 15) is 4.79 Å². The van der Waals surface area contributed by atoms with Crippen LogP contribution in [-0.2, 0) is 11.3 Å². The average Bonchev–Trinajstić information content (AvgIpc) is 2.25. The van der Waals surface area contributed by atoms with Crippen molar-refractivity contribution in [2.75, 3.05) is 7.11 Å². The van der Waals surface area contributed by atoms with Crippen molar-refractivity contribution >= 4 is 6.09 Å². The quantitative estimate of drug-likeness (QED) is 0.898. The van der Waals surface area contributed by atoms with Gasteiger partial charge in [-0.15, -0.1) is 0 Å². The molecule has 1 rings (SSSR count). The highest BCUT2D eigenvalue weighted by molar-refractivity contribution is 5.67. The van der Waals surface area contributed by atoms with Crippen molar-refractivity contribution in [2.24, 2.45) is 0 Å². The van der Waals surface area contributed by atoms with Crippen molar-refractivity contribution in [3.05, 3.63) is 29.3 Å². The molecule has 4 nitrogen and oxygen atoms in total. The lowest BCUT2D eigenvalue weighted by Gasteiger charge is -2.19. The fraction of sp³-hybridized carbons (Fsp3) is 0.500. The number of rotatable bonds is 3. The van der Waals surface area contributed by atoms with Gasteiger partial charge in [0.25, 0.3) is 0 Å². The molecule has 0 aliphatic carbocycles. The Morgan fingerprint density at radius 1 is 1.33 bits per heavy atom. The van der Waals surface area contributed by atoms with Crippen LogP contribution in [0.25, 0.3) is 0 Å². The lowest BCUT2D eigenvalue weighted by Crippen LogP contribution is -2.32. The molecular formula is C14H21NO3. The Kier molecular flexibility index (Phi) is 4.59. The van der Waals surface area contributed by atoms with E-state index in [-0.39, 0.29) is 0 Å². The first-order valence-corrected chi connectivity index (χ1v) is 5.92. The van der Waals surface area contributed by atoms with E-state index in [0.717, 1.165) is 16.9 Å². The number of benzene rings is 1. The van der Waals surface area contributed by atoms with Gasteiger partial charge in [-0.3, -0.25) is 0 Å². The zero-order valence-corrected chi connectivity index (χ0v) is 11.7. The van der Waals surface area contributed by atoms with Gasteiger partial charge in [0.2, 0.25) is 0 Å². The number of carbonyl (C=O) groups is 1. The van der Waals surface area contributed by atoms with Gasteiger partial charge in [0.15, 0.2) is 0 Å². The Bertz CT molecular complexity index is 422. The van der Waals surface area contributed by atoms with Gasteiger partial charge in [0.05, 0.1) is 7.11 Å². The standard InChI is InChI=1S/C14H21NO3/c1-10-6-7-11(8-12(10)17-5)9-15-13(16)18-14(2,3)4/h6-8H,9H2,1-5H3,(H,15,16). The van der Waals surface area contributed by atoms with E-state index in [0.29, 0.717) is 6.54 Å². The molecule has 1 amide bonds. The van der Waals surface area contributed by atoms with Gasteiger partial charge in [0, 0.05) is 6.54 Å². The molecule has 0 heterocycles. The smallest absolute Gasteiger partial charge is 0.407 e. The van der Waals surface area contributed by atoms with E-state index in [1.54, 1.807) is 7.11 Å². The Hall–Kier alpha value is -1.71. The van der Waals surface area contributed by atoms with E-state index < -0.39 is 11.7 Å². The summed E-state index contributed by atoms with van der Waals surface area (Å²) in [7, 11) is 1.63. The molecular weight excluding hydrogens is 230 g/mol. The number of carbonyl (C=O) groups excluding carboxylic acids is 1. The van der Waals surface area contributed by atoms with Crippen LogP contribution in [0, 0.1) is 6.92 Å². The van der Waals surface area contributed by atoms with Crippen LogP contribution in [0.4, 0.5) is 4.79 Å². The van der Waals surface area contributed by atoms with Crippen molar-refractivity contribution < 1.29 is 14.3 Å². The molecule has 0 saturated heterocycles. The number of hydrogen-bond acceptors (Lipinski definition) is 3. The minimum atomic E-state index is -0.477. The molecule has 0 aromatic heterocycles. The molecule has 4 heteroatoms. The molecule has 100 valence electrons. The number of alkyl carbamates (subject to hydrolysis) is 1. The number of aryl methyl sites for hydroxylation is 1. The van der Waals surface area contributed by atoms with Crippen LogP contribution in [-0.4, -0.2) is 18.8 Å². The number of ether oxygens (including phenoxy) is 2. The number of nitrogens with one attached hydrogen (secondary N) is 1. The van der Waals surface area contributed by atoms with Crippen LogP contribution in [0.15, 0.2) is 18.2 Å². The summed E-state index contributed by atoms with van der Waals surface area (Å²) >= 11 is 0. The van der Waals surface area contributed by atoms with E-state index in [1.165, 1.54) is 0 Å². The maximum absolute atomic E-state index is 11.5. The molecule has 1 N–H and O–H groups in total. The minimum Gasteiger partial charge on any atom is -0.496 e. The van der Waals surface area contributed by atoms with E-state index in [1.807, 2.05) is 45.9 Å². The Morgan fingerprint density at radius 3 is 2.56 bits per heavy atom. The molecule has 0 bridgehead atoms. The Balaban J connectivity index is 2.56. The highest BCUT2D eigenvalue weighted by Crippen LogP contribution is 2.18. The molecule has 0 radical (unpaired) electrons. The van der Waals surface area contributed by atoms with Gasteiger partial charge in [0.1, 0.15) is 11.4 Å². The van der Waals surface area contributed by atoms with Crippen molar-refractivity contribution in [3.63, 3.8) is 0 Å². The van der Waals surface area contributed by atoms with Gasteiger partial charge in [-0.2, -0.15) is 0 Å². The van der Waals surface area contributed by atoms with Gasteiger partial charge >= 0.3 is 6.09 Å². The van der Waals surface area contributed by atoms with Crippen LogP contribution < -0.4 is 10.1 Å². The summed E-state index contributed by atoms with van der Waals surface area (Å²) in [4.78, 5) is 11.5. The first-order valence-electron chi connectivity index (χ1n) is 5.92. The number of hydrogen-bond donors (Lipinski definition) is 1. The lowest BCUT2D eigenvalue weighted by molar-refractivity contribution is 0.0523. The summed E-state index contributed by atoms with van der Waals surface area (Å²) in [6.07, 6.45) is -0.415. The predicted octanol–water partition coefficient (Wildman–Crippen LogP) is 3.03. The molecule has 0 fully saturated rings. The molecule has 18 heavy (non-hydrogen) atoms. The molecule has 0 saturated carbocycles. The third kappa shape index (κ3) is 4.65. The Labute approximate surface area is 108 Å². The van der Waals surface area contributed by atoms with E-state index in [4.69, 9.17) is 9.47 Å². The third-order valence-corrected chi connectivity index (χ3v) is 2.31. The zero-order valence-electron chi connectivity index (χ0n) is 11.7. The van der Waals surface area contributed by atoms with Crippen LogP contribution in [0.3, 0.4) is 0 Å². The van der Waals surface area contributed by atoms with Crippen molar-refractivity contribution in [3.8, 4) is 5.75 Å². The number of methoxy groups -OCH3 is 1. The topological polar surface area (TPSA) is 47.6 Å². The summed E-state index contributed by atoms with van der Waals surface area (Å²) < 4.78 is 10.4. The average molecular weight is 251 g/mol. The summed E-state index contributed by atoms with van der Waals surface area (Å²) in [5.74, 6) is 0.818. The number of amides is 1. The molecule has 1 aromatic rings. The van der Waals surface area contributed by atoms with Crippen LogP contribution >= 0.6 is 0 Å². The summed E-state index contributed by atoms with van der Waals surface area (Å²) in [6.45, 7) is 7.90. The summed E-state index contributed by atoms with van der Waals surface area (Å²) in [5, 5.41) is 2.71. The highest BCUT2D eigenvalue weighted by atomic mass is 16.6. The zero-order chi connectivity index (χ0) is 13.8. The van der Waals surface area contributed by atoms with Gasteiger partial charge in [-0.25, -0.2) is 4.79 Å². The Morgan fingerprint density at radius 2 is 2.00 bits per heavy atom. The first-order chi connectivity index (χ1) is 8.31. The van der Waals surface area contributed by atoms with Gasteiger partial charge in [-0.1, -0.05) is 12.1 Å². The molecule has 0 atom stereocenters. The monoisotopic (exact) mass is 251 g/mol. The lowest BCUT2D eigenvalue weighted by atomic mass is 10.1. The van der Waals surface area contributed by atoms with Crippen molar-refractivity contribution in [1.29, 1.82) is 0 Å². The van der Waals surface area contributed by atoms with Crippen LogP contribution in [0.2, 0.25) is 0 Å². The maximum atomic E-state index is 11.5. The summed E-state index contributed by atoms with van der Waals surface area (Å²) in [5.41, 5.74) is 1.57. The SMILES string of the molecule is COc1cc(CNC(=O)OC(C)(C)C)ccc1C. The fourth-order valence-electron chi connectivity index (χ4n) is 1.46. The van der Waals surface area contributed by atoms with Crippen molar-refractivity contribution in [1.82, 2.24) is 5.32 Å². The molecule has 0 unspecified atom stereocenters. The molecule has 0 aliphatic heterocycles. The van der Waals surface area contributed by atoms with Gasteiger partial charge in [-0.05, 0) is 44.9 Å². The highest BCUT2D eigenvalue weighted by Gasteiger charge is 2.15. The summed E-state index contributed by atoms with van der Waals surface area (Å²) in [6, 6.07) is 5.83. The predicted molar refractivity (Wildman–Crippen MR) is 70.8 cm³/mol. The van der Waals surface area contributed by atoms with E-state index >= 15 is 0 Å². The fourth-order valence-corrected chi connectivity index (χ4v) is 1.46. The minimum absolute atomic E-state index is 0.415. The molecule has 0 aliphatic rings. The van der Waals surface area contributed by atoms with Crippen LogP contribution in [0.5, 0.6) is 5.75 Å². The molecule has 0 spiro atoms.